The molecule has 3 rings (SSSR count). The predicted octanol–water partition coefficient (Wildman–Crippen LogP) is 2.35. The van der Waals surface area contributed by atoms with E-state index in [1.807, 2.05) is 29.6 Å². The minimum atomic E-state index is -0.259. The van der Waals surface area contributed by atoms with Crippen LogP contribution in [0.1, 0.15) is 0 Å². The van der Waals surface area contributed by atoms with Crippen LogP contribution in [0.2, 0.25) is 0 Å². The summed E-state index contributed by atoms with van der Waals surface area (Å²) < 4.78 is 10.8. The number of aromatic nitrogens is 1. The van der Waals surface area contributed by atoms with Crippen molar-refractivity contribution in [3.63, 3.8) is 0 Å². The Morgan fingerprint density at radius 3 is 3.14 bits per heavy atom. The Balaban J connectivity index is 1.54. The van der Waals surface area contributed by atoms with Gasteiger partial charge in [0.25, 0.3) is 0 Å². The standard InChI is InChI=1S/C15H17N3O3S/c19-15(17-9-13-10-20-5-6-21-13)18-12-3-1-2-11(8-12)14-16-4-7-22-14/h1-4,7-8,13H,5-6,9-10H2,(H2,17,18,19)/t13-/m1/s1. The van der Waals surface area contributed by atoms with Crippen LogP contribution in [0, 0.1) is 0 Å². The number of amides is 2. The smallest absolute Gasteiger partial charge is 0.319 e. The number of ether oxygens (including phenoxy) is 2. The van der Waals surface area contributed by atoms with E-state index >= 15 is 0 Å². The van der Waals surface area contributed by atoms with E-state index in [9.17, 15) is 4.79 Å². The summed E-state index contributed by atoms with van der Waals surface area (Å²) >= 11 is 1.56. The van der Waals surface area contributed by atoms with Crippen LogP contribution < -0.4 is 10.6 Å². The monoisotopic (exact) mass is 319 g/mol. The van der Waals surface area contributed by atoms with Crippen molar-refractivity contribution in [2.45, 2.75) is 6.10 Å². The molecule has 1 aromatic heterocycles. The summed E-state index contributed by atoms with van der Waals surface area (Å²) in [5, 5.41) is 8.45. The lowest BCUT2D eigenvalue weighted by atomic mass is 10.2. The molecule has 1 atom stereocenters. The zero-order valence-electron chi connectivity index (χ0n) is 12.0. The van der Waals surface area contributed by atoms with Gasteiger partial charge in [-0.1, -0.05) is 12.1 Å². The number of hydrogen-bond acceptors (Lipinski definition) is 5. The molecule has 7 heteroatoms. The number of hydrogen-bond donors (Lipinski definition) is 2. The zero-order chi connectivity index (χ0) is 15.2. The minimum absolute atomic E-state index is 0.0823. The number of carbonyl (C=O) groups is 1. The molecule has 1 fully saturated rings. The van der Waals surface area contributed by atoms with Gasteiger partial charge in [-0.3, -0.25) is 0 Å². The maximum atomic E-state index is 11.9. The molecule has 2 heterocycles. The number of benzene rings is 1. The average Bonchev–Trinajstić information content (AvgIpc) is 3.09. The van der Waals surface area contributed by atoms with E-state index in [0.717, 1.165) is 16.3 Å². The third-order valence-corrected chi connectivity index (χ3v) is 4.00. The summed E-state index contributed by atoms with van der Waals surface area (Å²) in [6.07, 6.45) is 1.68. The third-order valence-electron chi connectivity index (χ3n) is 3.17. The van der Waals surface area contributed by atoms with Gasteiger partial charge in [-0.05, 0) is 12.1 Å². The van der Waals surface area contributed by atoms with Crippen LogP contribution in [0.3, 0.4) is 0 Å². The normalized spacial score (nSPS) is 17.9. The number of thiazole rings is 1. The molecule has 0 radical (unpaired) electrons. The Morgan fingerprint density at radius 2 is 2.36 bits per heavy atom. The zero-order valence-corrected chi connectivity index (χ0v) is 12.8. The van der Waals surface area contributed by atoms with Crippen molar-refractivity contribution in [1.82, 2.24) is 10.3 Å². The molecule has 0 aliphatic carbocycles. The maximum absolute atomic E-state index is 11.9. The molecule has 1 saturated heterocycles. The van der Waals surface area contributed by atoms with Crippen LogP contribution >= 0.6 is 11.3 Å². The summed E-state index contributed by atoms with van der Waals surface area (Å²) in [6, 6.07) is 7.35. The van der Waals surface area contributed by atoms with Crippen molar-refractivity contribution >= 4 is 23.1 Å². The van der Waals surface area contributed by atoms with Gasteiger partial charge in [-0.15, -0.1) is 11.3 Å². The molecule has 22 heavy (non-hydrogen) atoms. The predicted molar refractivity (Wildman–Crippen MR) is 85.1 cm³/mol. The van der Waals surface area contributed by atoms with Crippen molar-refractivity contribution in [3.05, 3.63) is 35.8 Å². The van der Waals surface area contributed by atoms with Crippen molar-refractivity contribution in [1.29, 1.82) is 0 Å². The van der Waals surface area contributed by atoms with Crippen LogP contribution in [-0.2, 0) is 9.47 Å². The molecule has 1 aliphatic heterocycles. The number of anilines is 1. The number of rotatable bonds is 4. The van der Waals surface area contributed by atoms with E-state index < -0.39 is 0 Å². The van der Waals surface area contributed by atoms with Crippen LogP contribution in [-0.4, -0.2) is 43.5 Å². The lowest BCUT2D eigenvalue weighted by molar-refractivity contribution is -0.0852. The largest absolute Gasteiger partial charge is 0.376 e. The topological polar surface area (TPSA) is 72.5 Å². The Kier molecular flexibility index (Phi) is 4.99. The second-order valence-corrected chi connectivity index (χ2v) is 5.72. The second kappa shape index (κ2) is 7.35. The molecule has 0 saturated carbocycles. The Labute approximate surface area is 132 Å². The molecule has 2 aromatic rings. The van der Waals surface area contributed by atoms with Crippen LogP contribution in [0.4, 0.5) is 10.5 Å². The highest BCUT2D eigenvalue weighted by atomic mass is 32.1. The van der Waals surface area contributed by atoms with Crippen molar-refractivity contribution in [2.24, 2.45) is 0 Å². The minimum Gasteiger partial charge on any atom is -0.376 e. The highest BCUT2D eigenvalue weighted by Crippen LogP contribution is 2.24. The Morgan fingerprint density at radius 1 is 1.41 bits per heavy atom. The van der Waals surface area contributed by atoms with Gasteiger partial charge < -0.3 is 20.1 Å². The van der Waals surface area contributed by atoms with Crippen LogP contribution in [0.15, 0.2) is 35.8 Å². The van der Waals surface area contributed by atoms with Gasteiger partial charge >= 0.3 is 6.03 Å². The first kappa shape index (κ1) is 15.0. The first-order valence-electron chi connectivity index (χ1n) is 7.05. The average molecular weight is 319 g/mol. The molecule has 0 bridgehead atoms. The fraction of sp³-hybridized carbons (Fsp3) is 0.333. The highest BCUT2D eigenvalue weighted by Gasteiger charge is 2.15. The lowest BCUT2D eigenvalue weighted by Gasteiger charge is -2.23. The first-order valence-corrected chi connectivity index (χ1v) is 7.93. The number of urea groups is 1. The van der Waals surface area contributed by atoms with E-state index in [1.54, 1.807) is 17.5 Å². The van der Waals surface area contributed by atoms with E-state index in [4.69, 9.17) is 9.47 Å². The molecular formula is C15H17N3O3S. The number of carbonyl (C=O) groups excluding carboxylic acids is 1. The summed E-state index contributed by atoms with van der Waals surface area (Å²) in [6.45, 7) is 2.13. The van der Waals surface area contributed by atoms with Gasteiger partial charge in [-0.25, -0.2) is 9.78 Å². The highest BCUT2D eigenvalue weighted by molar-refractivity contribution is 7.13. The summed E-state index contributed by atoms with van der Waals surface area (Å²) in [5.74, 6) is 0. The molecule has 1 aliphatic rings. The van der Waals surface area contributed by atoms with E-state index in [2.05, 4.69) is 15.6 Å². The van der Waals surface area contributed by atoms with E-state index in [0.29, 0.717) is 26.4 Å². The van der Waals surface area contributed by atoms with Crippen molar-refractivity contribution in [2.75, 3.05) is 31.7 Å². The quantitative estimate of drug-likeness (QED) is 0.907. The molecule has 116 valence electrons. The fourth-order valence-corrected chi connectivity index (χ4v) is 2.77. The number of nitrogens with zero attached hydrogens (tertiary/aromatic N) is 1. The number of nitrogens with one attached hydrogen (secondary N) is 2. The molecular weight excluding hydrogens is 302 g/mol. The SMILES string of the molecule is O=C(NC[C@@H]1COCCO1)Nc1cccc(-c2nccs2)c1. The molecule has 2 amide bonds. The Hall–Kier alpha value is -1.96. The lowest BCUT2D eigenvalue weighted by Crippen LogP contribution is -2.41. The van der Waals surface area contributed by atoms with Crippen LogP contribution in [0.25, 0.3) is 10.6 Å². The van der Waals surface area contributed by atoms with Gasteiger partial charge in [0.15, 0.2) is 0 Å². The first-order chi connectivity index (χ1) is 10.8. The summed E-state index contributed by atoms with van der Waals surface area (Å²) in [4.78, 5) is 16.2. The molecule has 2 N–H and O–H groups in total. The van der Waals surface area contributed by atoms with Crippen molar-refractivity contribution < 1.29 is 14.3 Å². The molecule has 0 unspecified atom stereocenters. The Bertz CT molecular complexity index is 612. The summed E-state index contributed by atoms with van der Waals surface area (Å²) in [5.41, 5.74) is 1.71. The molecule has 1 aromatic carbocycles. The van der Waals surface area contributed by atoms with E-state index in [1.165, 1.54) is 0 Å². The second-order valence-electron chi connectivity index (χ2n) is 4.82. The van der Waals surface area contributed by atoms with Crippen molar-refractivity contribution in [3.8, 4) is 10.6 Å². The fourth-order valence-electron chi connectivity index (χ4n) is 2.13. The summed E-state index contributed by atoms with van der Waals surface area (Å²) in [7, 11) is 0. The molecule has 0 spiro atoms. The van der Waals surface area contributed by atoms with Gasteiger partial charge in [0.05, 0.1) is 25.9 Å². The molecule has 6 nitrogen and oxygen atoms in total. The van der Waals surface area contributed by atoms with E-state index in [-0.39, 0.29) is 12.1 Å². The van der Waals surface area contributed by atoms with Gasteiger partial charge in [0.2, 0.25) is 0 Å². The maximum Gasteiger partial charge on any atom is 0.319 e. The van der Waals surface area contributed by atoms with Gasteiger partial charge in [0, 0.05) is 29.4 Å². The van der Waals surface area contributed by atoms with Crippen LogP contribution in [0.5, 0.6) is 0 Å². The van der Waals surface area contributed by atoms with Gasteiger partial charge in [-0.2, -0.15) is 0 Å². The van der Waals surface area contributed by atoms with Gasteiger partial charge in [0.1, 0.15) is 5.01 Å². The third kappa shape index (κ3) is 4.03.